The molecule has 0 saturated heterocycles. The third kappa shape index (κ3) is 3.13. The molecule has 1 heterocycles. The molecule has 0 aromatic heterocycles. The molecular formula is C21H30O2. The van der Waals surface area contributed by atoms with Crippen molar-refractivity contribution in [3.63, 3.8) is 0 Å². The fraction of sp³-hybridized carbons (Fsp3) is 0.619. The van der Waals surface area contributed by atoms with Crippen LogP contribution in [0, 0.1) is 5.92 Å². The van der Waals surface area contributed by atoms with Gasteiger partial charge >= 0.3 is 0 Å². The minimum absolute atomic E-state index is 0.0560. The Hall–Kier alpha value is -1.44. The maximum Gasteiger partial charge on any atom is 0.127 e. The number of fused-ring (bicyclic) bond motifs is 3. The van der Waals surface area contributed by atoms with Crippen molar-refractivity contribution in [1.29, 1.82) is 0 Å². The van der Waals surface area contributed by atoms with Gasteiger partial charge in [0, 0.05) is 27.0 Å². The lowest BCUT2D eigenvalue weighted by Crippen LogP contribution is -2.45. The number of hydrogen-bond acceptors (Lipinski definition) is 2. The molecule has 0 spiro atoms. The first kappa shape index (κ1) is 8.60. The Morgan fingerprint density at radius 2 is 2.26 bits per heavy atom. The van der Waals surface area contributed by atoms with Gasteiger partial charge < -0.3 is 9.84 Å². The average Bonchev–Trinajstić information content (AvgIpc) is 2.65. The first-order valence-electron chi connectivity index (χ1n) is 12.9. The number of rotatable bonds is 4. The van der Waals surface area contributed by atoms with Crippen molar-refractivity contribution >= 4 is 0 Å². The highest BCUT2D eigenvalue weighted by Crippen LogP contribution is 2.53. The molecule has 0 fully saturated rings. The number of phenols is 1. The van der Waals surface area contributed by atoms with Crippen molar-refractivity contribution in [2.24, 2.45) is 5.92 Å². The van der Waals surface area contributed by atoms with Gasteiger partial charge in [0.2, 0.25) is 0 Å². The highest BCUT2D eigenvalue weighted by molar-refractivity contribution is 5.53. The van der Waals surface area contributed by atoms with Crippen LogP contribution in [-0.2, 0) is 6.42 Å². The lowest BCUT2D eigenvalue weighted by atomic mass is 9.68. The van der Waals surface area contributed by atoms with Crippen molar-refractivity contribution < 1.29 is 22.2 Å². The average molecular weight is 324 g/mol. The van der Waals surface area contributed by atoms with Gasteiger partial charge in [0.05, 0.1) is 2.74 Å². The molecule has 2 heteroatoms. The quantitative estimate of drug-likeness (QED) is 0.566. The normalized spacial score (nSPS) is 35.1. The van der Waals surface area contributed by atoms with Crippen molar-refractivity contribution in [3.8, 4) is 11.5 Å². The number of allylic oxidation sites excluding steroid dienone is 2. The van der Waals surface area contributed by atoms with Crippen LogP contribution in [0.25, 0.3) is 0 Å². The minimum atomic E-state index is -3.13. The minimum Gasteiger partial charge on any atom is -0.507 e. The number of aromatic hydroxyl groups is 1. The third-order valence-corrected chi connectivity index (χ3v) is 4.68. The lowest BCUT2D eigenvalue weighted by molar-refractivity contribution is 0.0107. The largest absolute Gasteiger partial charge is 0.507 e. The van der Waals surface area contributed by atoms with Crippen molar-refractivity contribution in [2.75, 3.05) is 0 Å². The van der Waals surface area contributed by atoms with Crippen molar-refractivity contribution in [3.05, 3.63) is 34.9 Å². The van der Waals surface area contributed by atoms with Crippen LogP contribution in [0.1, 0.15) is 89.0 Å². The van der Waals surface area contributed by atoms with E-state index in [1.54, 1.807) is 6.92 Å². The molecule has 126 valence electrons. The Balaban J connectivity index is 2.40. The third-order valence-electron chi connectivity index (χ3n) is 4.68. The molecule has 0 amide bonds. The molecule has 23 heavy (non-hydrogen) atoms. The van der Waals surface area contributed by atoms with Gasteiger partial charge in [0.1, 0.15) is 17.1 Å². The summed E-state index contributed by atoms with van der Waals surface area (Å²) in [7, 11) is 0. The summed E-state index contributed by atoms with van der Waals surface area (Å²) in [6, 6.07) is -0.607. The van der Waals surface area contributed by atoms with E-state index in [9.17, 15) is 6.48 Å². The predicted octanol–water partition coefficient (Wildman–Crippen LogP) is 5.74. The molecule has 0 radical (unpaired) electrons. The van der Waals surface area contributed by atoms with Crippen molar-refractivity contribution in [1.82, 2.24) is 0 Å². The number of benzene rings is 1. The summed E-state index contributed by atoms with van der Waals surface area (Å²) in [4.78, 5) is 0. The van der Waals surface area contributed by atoms with E-state index in [0.717, 1.165) is 18.4 Å². The second-order valence-electron chi connectivity index (χ2n) is 6.61. The number of ether oxygens (including phenoxy) is 1. The van der Waals surface area contributed by atoms with E-state index in [1.807, 2.05) is 6.92 Å². The van der Waals surface area contributed by atoms with Crippen LogP contribution in [0.4, 0.5) is 0 Å². The second kappa shape index (κ2) is 6.22. The van der Waals surface area contributed by atoms with Crippen molar-refractivity contribution in [2.45, 2.75) is 77.6 Å². The zero-order chi connectivity index (χ0) is 24.3. The van der Waals surface area contributed by atoms with E-state index in [4.69, 9.17) is 15.7 Å². The second-order valence-corrected chi connectivity index (χ2v) is 6.61. The monoisotopic (exact) mass is 323 g/mol. The van der Waals surface area contributed by atoms with Gasteiger partial charge in [-0.1, -0.05) is 31.4 Å². The molecule has 1 aliphatic heterocycles. The standard InChI is InChI=1S/C21H30O2/c1-5-6-7-8-15-12-18(22)20-16-11-14(2)9-10-17(16)21(3,4)23-19(20)13-15/h11-13,16-17,22H,5-10H2,1-4H3/t16-,17-/m1/s1/i3D3,4D3,12D,13D,16D. The fourth-order valence-electron chi connectivity index (χ4n) is 3.43. The van der Waals surface area contributed by atoms with Crippen LogP contribution in [0.5, 0.6) is 11.5 Å². The summed E-state index contributed by atoms with van der Waals surface area (Å²) in [5.41, 5.74) is -1.99. The molecule has 1 N–H and O–H groups in total. The van der Waals surface area contributed by atoms with Crippen LogP contribution >= 0.6 is 0 Å². The Bertz CT molecular complexity index is 919. The van der Waals surface area contributed by atoms with E-state index < -0.39 is 42.6 Å². The zero-order valence-corrected chi connectivity index (χ0v) is 13.8. The van der Waals surface area contributed by atoms with Crippen LogP contribution in [0.2, 0.25) is 0 Å². The number of hydrogen-bond donors (Lipinski definition) is 1. The first-order chi connectivity index (χ1) is 14.6. The molecule has 2 atom stereocenters. The molecular weight excluding hydrogens is 284 g/mol. The molecule has 0 saturated carbocycles. The predicted molar refractivity (Wildman–Crippen MR) is 95.3 cm³/mol. The highest BCUT2D eigenvalue weighted by atomic mass is 16.5. The Labute approximate surface area is 153 Å². The van der Waals surface area contributed by atoms with Gasteiger partial charge in [0.15, 0.2) is 0 Å². The van der Waals surface area contributed by atoms with Gasteiger partial charge in [0.25, 0.3) is 0 Å². The summed E-state index contributed by atoms with van der Waals surface area (Å²) in [5.74, 6) is -4.24. The lowest BCUT2D eigenvalue weighted by Gasteiger charge is -2.46. The Kier molecular flexibility index (Phi) is 2.33. The van der Waals surface area contributed by atoms with E-state index in [0.29, 0.717) is 12.8 Å². The zero-order valence-electron chi connectivity index (χ0n) is 22.8. The maximum absolute atomic E-state index is 11.0. The highest BCUT2D eigenvalue weighted by Gasteiger charge is 2.45. The summed E-state index contributed by atoms with van der Waals surface area (Å²) in [5, 5.41) is 11.0. The van der Waals surface area contributed by atoms with E-state index in [1.165, 1.54) is 6.08 Å². The van der Waals surface area contributed by atoms with Gasteiger partial charge in [-0.15, -0.1) is 0 Å². The fourth-order valence-corrected chi connectivity index (χ4v) is 3.43. The molecule has 1 aromatic rings. The van der Waals surface area contributed by atoms with Crippen LogP contribution in [-0.4, -0.2) is 10.7 Å². The molecule has 0 unspecified atom stereocenters. The van der Waals surface area contributed by atoms with Gasteiger partial charge in [-0.25, -0.2) is 0 Å². The molecule has 2 nitrogen and oxygen atoms in total. The van der Waals surface area contributed by atoms with E-state index >= 15 is 0 Å². The van der Waals surface area contributed by atoms with Gasteiger partial charge in [-0.3, -0.25) is 0 Å². The van der Waals surface area contributed by atoms with Crippen LogP contribution < -0.4 is 4.74 Å². The van der Waals surface area contributed by atoms with E-state index in [-0.39, 0.29) is 36.1 Å². The summed E-state index contributed by atoms with van der Waals surface area (Å²) in [6.07, 6.45) is 4.56. The van der Waals surface area contributed by atoms with Crippen LogP contribution in [0.3, 0.4) is 0 Å². The first-order valence-corrected chi connectivity index (χ1v) is 8.36. The Morgan fingerprint density at radius 3 is 3.00 bits per heavy atom. The van der Waals surface area contributed by atoms with Gasteiger partial charge in [-0.05, 0) is 64.0 Å². The smallest absolute Gasteiger partial charge is 0.127 e. The SMILES string of the molecule is [2H]c1c(O)c2c(c([2H])c1CCCCC)OC(C([2H])([2H])[2H])(C([2H])([2H])[2H])[C@@H]1CCC(C)=C[C@@]21[2H]. The molecule has 3 rings (SSSR count). The maximum atomic E-state index is 11.0. The molecule has 1 aromatic carbocycles. The van der Waals surface area contributed by atoms with Gasteiger partial charge in [-0.2, -0.15) is 0 Å². The number of phenolic OH excluding ortho intramolecular Hbond substituents is 1. The molecule has 1 aliphatic carbocycles. The molecule has 2 aliphatic rings. The topological polar surface area (TPSA) is 29.5 Å². The summed E-state index contributed by atoms with van der Waals surface area (Å²) < 4.78 is 81.3. The summed E-state index contributed by atoms with van der Waals surface area (Å²) in [6.45, 7) is -2.50. The van der Waals surface area contributed by atoms with Crippen LogP contribution in [0.15, 0.2) is 23.7 Å². The van der Waals surface area contributed by atoms with E-state index in [2.05, 4.69) is 0 Å². The molecule has 0 bridgehead atoms. The summed E-state index contributed by atoms with van der Waals surface area (Å²) >= 11 is 0. The Morgan fingerprint density at radius 1 is 1.43 bits per heavy atom. The number of unbranched alkanes of at least 4 members (excludes halogenated alkanes) is 2.